The first-order valence-corrected chi connectivity index (χ1v) is 4.43. The second kappa shape index (κ2) is 4.82. The third kappa shape index (κ3) is 3.75. The Labute approximate surface area is 94.2 Å². The highest BCUT2D eigenvalue weighted by Crippen LogP contribution is 2.21. The second-order valence-corrected chi connectivity index (χ2v) is 3.12. The molecule has 0 unspecified atom stereocenters. The largest absolute Gasteiger partial charge is 0.478 e. The summed E-state index contributed by atoms with van der Waals surface area (Å²) in [5.74, 6) is -3.09. The van der Waals surface area contributed by atoms with Gasteiger partial charge in [-0.1, -0.05) is 24.3 Å². The van der Waals surface area contributed by atoms with Crippen molar-refractivity contribution in [1.82, 2.24) is 0 Å². The molecule has 6 heteroatoms. The Hall–Kier alpha value is -2.11. The van der Waals surface area contributed by atoms with Crippen LogP contribution in [-0.2, 0) is 4.79 Å². The molecule has 1 N–H and O–H groups in total. The van der Waals surface area contributed by atoms with E-state index in [9.17, 15) is 22.8 Å². The number of rotatable bonds is 3. The number of benzene rings is 1. The average molecular weight is 244 g/mol. The van der Waals surface area contributed by atoms with Crippen LogP contribution in [0.3, 0.4) is 0 Å². The Bertz CT molecular complexity index is 458. The molecule has 0 heterocycles. The molecular formula is C11H7F3O3. The lowest BCUT2D eigenvalue weighted by Crippen LogP contribution is -2.22. The number of ketones is 1. The summed E-state index contributed by atoms with van der Waals surface area (Å²) in [6, 6.07) is 4.46. The van der Waals surface area contributed by atoms with Crippen LogP contribution in [0.5, 0.6) is 0 Å². The Morgan fingerprint density at radius 2 is 1.65 bits per heavy atom. The van der Waals surface area contributed by atoms with E-state index in [1.165, 1.54) is 18.2 Å². The van der Waals surface area contributed by atoms with Crippen molar-refractivity contribution in [3.05, 3.63) is 41.5 Å². The predicted octanol–water partition coefficient (Wildman–Crippen LogP) is 2.53. The first-order valence-electron chi connectivity index (χ1n) is 4.43. The Kier molecular flexibility index (Phi) is 3.67. The van der Waals surface area contributed by atoms with Gasteiger partial charge in [-0.05, 0) is 11.6 Å². The molecule has 0 spiro atoms. The first-order chi connectivity index (χ1) is 7.80. The molecule has 3 nitrogen and oxygen atoms in total. The highest BCUT2D eigenvalue weighted by atomic mass is 19.4. The van der Waals surface area contributed by atoms with Gasteiger partial charge in [0.05, 0.1) is 0 Å². The van der Waals surface area contributed by atoms with Gasteiger partial charge >= 0.3 is 12.1 Å². The summed E-state index contributed by atoms with van der Waals surface area (Å²) in [4.78, 5) is 21.0. The minimum absolute atomic E-state index is 0.395. The van der Waals surface area contributed by atoms with E-state index in [1.807, 2.05) is 0 Å². The van der Waals surface area contributed by atoms with Gasteiger partial charge in [-0.15, -0.1) is 0 Å². The minimum Gasteiger partial charge on any atom is -0.478 e. The number of carboxylic acid groups (broad SMARTS) is 1. The highest BCUT2D eigenvalue weighted by Gasteiger charge is 2.38. The number of Topliss-reactive ketones (excluding diaryl/α,β-unsaturated/α-hetero) is 1. The predicted molar refractivity (Wildman–Crippen MR) is 53.5 cm³/mol. The maximum Gasteiger partial charge on any atom is 0.454 e. The Balaban J connectivity index is 2.89. The van der Waals surface area contributed by atoms with Gasteiger partial charge in [-0.25, -0.2) is 4.79 Å². The van der Waals surface area contributed by atoms with E-state index in [-0.39, 0.29) is 0 Å². The van der Waals surface area contributed by atoms with E-state index in [1.54, 1.807) is 0 Å². The first kappa shape index (κ1) is 13.0. The third-order valence-electron chi connectivity index (χ3n) is 1.85. The van der Waals surface area contributed by atoms with Gasteiger partial charge in [0.2, 0.25) is 0 Å². The van der Waals surface area contributed by atoms with Gasteiger partial charge in [-0.3, -0.25) is 4.79 Å². The highest BCUT2D eigenvalue weighted by molar-refractivity contribution is 6.00. The number of carbonyl (C=O) groups is 2. The van der Waals surface area contributed by atoms with Crippen molar-refractivity contribution in [2.45, 2.75) is 6.18 Å². The van der Waals surface area contributed by atoms with E-state index in [0.29, 0.717) is 5.56 Å². The van der Waals surface area contributed by atoms with Gasteiger partial charge in [0.1, 0.15) is 0 Å². The molecule has 1 aromatic rings. The minimum atomic E-state index is -4.90. The average Bonchev–Trinajstić information content (AvgIpc) is 2.25. The van der Waals surface area contributed by atoms with Crippen LogP contribution in [0.4, 0.5) is 13.2 Å². The maximum atomic E-state index is 12.0. The standard InChI is InChI=1S/C11H7F3O3/c12-11(13,14)10(17)8-4-1-7(2-5-8)3-6-9(15)16/h1-6H,(H,15,16). The van der Waals surface area contributed by atoms with Crippen LogP contribution < -0.4 is 0 Å². The number of hydrogen-bond acceptors (Lipinski definition) is 2. The molecule has 0 bridgehead atoms. The number of aliphatic carboxylic acids is 1. The fourth-order valence-corrected chi connectivity index (χ4v) is 1.08. The van der Waals surface area contributed by atoms with Crippen molar-refractivity contribution in [1.29, 1.82) is 0 Å². The van der Waals surface area contributed by atoms with Crippen LogP contribution in [0.15, 0.2) is 30.3 Å². The summed E-state index contributed by atoms with van der Waals surface area (Å²) in [5, 5.41) is 8.33. The molecule has 17 heavy (non-hydrogen) atoms. The SMILES string of the molecule is O=C(O)C=Cc1ccc(C(=O)C(F)(F)F)cc1. The van der Waals surface area contributed by atoms with Crippen LogP contribution >= 0.6 is 0 Å². The fourth-order valence-electron chi connectivity index (χ4n) is 1.08. The van der Waals surface area contributed by atoms with Crippen molar-refractivity contribution in [3.8, 4) is 0 Å². The van der Waals surface area contributed by atoms with E-state index < -0.39 is 23.5 Å². The normalized spacial score (nSPS) is 11.7. The molecule has 0 amide bonds. The number of halogens is 3. The molecule has 0 saturated carbocycles. The van der Waals surface area contributed by atoms with Crippen LogP contribution in [0.2, 0.25) is 0 Å². The van der Waals surface area contributed by atoms with Crippen molar-refractivity contribution in [3.63, 3.8) is 0 Å². The fraction of sp³-hybridized carbons (Fsp3) is 0.0909. The van der Waals surface area contributed by atoms with E-state index in [4.69, 9.17) is 5.11 Å². The Morgan fingerprint density at radius 3 is 2.06 bits per heavy atom. The molecule has 90 valence electrons. The molecule has 0 radical (unpaired) electrons. The monoisotopic (exact) mass is 244 g/mol. The van der Waals surface area contributed by atoms with Crippen molar-refractivity contribution < 1.29 is 27.9 Å². The number of carboxylic acids is 1. The van der Waals surface area contributed by atoms with Crippen molar-refractivity contribution in [2.75, 3.05) is 0 Å². The van der Waals surface area contributed by atoms with Gasteiger partial charge in [0, 0.05) is 11.6 Å². The van der Waals surface area contributed by atoms with Gasteiger partial charge in [0.25, 0.3) is 5.78 Å². The zero-order valence-corrected chi connectivity index (χ0v) is 8.36. The van der Waals surface area contributed by atoms with Crippen molar-refractivity contribution >= 4 is 17.8 Å². The second-order valence-electron chi connectivity index (χ2n) is 3.12. The zero-order valence-electron chi connectivity index (χ0n) is 8.36. The number of carbonyl (C=O) groups excluding carboxylic acids is 1. The molecule has 0 fully saturated rings. The summed E-state index contributed by atoms with van der Waals surface area (Å²) in [6.07, 6.45) is -2.84. The lowest BCUT2D eigenvalue weighted by molar-refractivity contribution is -0.131. The van der Waals surface area contributed by atoms with Crippen LogP contribution in [0, 0.1) is 0 Å². The van der Waals surface area contributed by atoms with Crippen molar-refractivity contribution in [2.24, 2.45) is 0 Å². The summed E-state index contributed by atoms with van der Waals surface area (Å²) < 4.78 is 36.1. The maximum absolute atomic E-state index is 12.0. The molecule has 0 aliphatic carbocycles. The van der Waals surface area contributed by atoms with Crippen LogP contribution in [0.1, 0.15) is 15.9 Å². The van der Waals surface area contributed by atoms with Gasteiger partial charge < -0.3 is 5.11 Å². The molecule has 0 atom stereocenters. The topological polar surface area (TPSA) is 54.4 Å². The molecule has 1 rings (SSSR count). The summed E-state index contributed by atoms with van der Waals surface area (Å²) in [5.41, 5.74) is -0.0869. The third-order valence-corrected chi connectivity index (χ3v) is 1.85. The number of alkyl halides is 3. The molecular weight excluding hydrogens is 237 g/mol. The summed E-state index contributed by atoms with van der Waals surface area (Å²) in [6.45, 7) is 0. The van der Waals surface area contributed by atoms with E-state index >= 15 is 0 Å². The Morgan fingerprint density at radius 1 is 1.12 bits per heavy atom. The molecule has 0 saturated heterocycles. The van der Waals surface area contributed by atoms with Gasteiger partial charge in [0.15, 0.2) is 0 Å². The number of hydrogen-bond donors (Lipinski definition) is 1. The quantitative estimate of drug-likeness (QED) is 0.656. The lowest BCUT2D eigenvalue weighted by atomic mass is 10.1. The zero-order chi connectivity index (χ0) is 13.1. The lowest BCUT2D eigenvalue weighted by Gasteiger charge is -2.04. The van der Waals surface area contributed by atoms with E-state index in [2.05, 4.69) is 0 Å². The molecule has 0 aromatic heterocycles. The smallest absolute Gasteiger partial charge is 0.454 e. The van der Waals surface area contributed by atoms with Gasteiger partial charge in [-0.2, -0.15) is 13.2 Å². The molecule has 1 aromatic carbocycles. The molecule has 0 aliphatic heterocycles. The van der Waals surface area contributed by atoms with Crippen LogP contribution in [0.25, 0.3) is 6.08 Å². The van der Waals surface area contributed by atoms with Crippen LogP contribution in [-0.4, -0.2) is 23.0 Å². The summed E-state index contributed by atoms with van der Waals surface area (Å²) >= 11 is 0. The van der Waals surface area contributed by atoms with E-state index in [0.717, 1.165) is 18.2 Å². The molecule has 0 aliphatic rings. The summed E-state index contributed by atoms with van der Waals surface area (Å²) in [7, 11) is 0.